The van der Waals surface area contributed by atoms with Gasteiger partial charge in [0.1, 0.15) is 23.9 Å². The lowest BCUT2D eigenvalue weighted by atomic mass is 9.44. The molecule has 2 unspecified atom stereocenters. The standard InChI is InChI=1S/C51H68O11/c1-27(2)50-42(61-50)25-49(57)48(6)21-19-34-35(26-58-45(34)56)38(48)24-41-51(49,62-41)46(50)60-44(55)18-17-43(54)59-40-23-33(52)22-32(29(40)4)13-10-30-8-7-20-47(5)36(14-15-37(30)47)28(3)9-16-39(53)31-11-12-31/h9-10,13,16,27-28,31,33,36-42,46,52-53,57H,4,7-8,11-12,14-15,17-26H2,1-3,5-6H3/b16-9+,30-10+,32-13-/t28-,33+,36?,37?,38-,39+,40-,41-,42-,46+,47+,48-,49+,50-,51+/m0/s1. The fourth-order valence-electron chi connectivity index (χ4n) is 14.7. The van der Waals surface area contributed by atoms with Crippen LogP contribution >= 0.6 is 0 Å². The predicted octanol–water partition coefficient (Wildman–Crippen LogP) is 7.07. The molecule has 3 heterocycles. The maximum absolute atomic E-state index is 13.8. The summed E-state index contributed by atoms with van der Waals surface area (Å²) in [6.45, 7) is 15.5. The Balaban J connectivity index is 0.783. The second kappa shape index (κ2) is 15.0. The van der Waals surface area contributed by atoms with E-state index in [0.29, 0.717) is 61.3 Å². The molecule has 3 aliphatic heterocycles. The number of carbonyl (C=O) groups excluding carboxylic acids is 3. The van der Waals surface area contributed by atoms with Crippen molar-refractivity contribution in [1.29, 1.82) is 0 Å². The van der Waals surface area contributed by atoms with Crippen molar-refractivity contribution in [1.82, 2.24) is 0 Å². The molecule has 7 aliphatic carbocycles. The first-order valence-corrected chi connectivity index (χ1v) is 24.0. The summed E-state index contributed by atoms with van der Waals surface area (Å²) in [5.74, 6) is 0.325. The van der Waals surface area contributed by atoms with Crippen LogP contribution in [0.2, 0.25) is 0 Å². The molecule has 2 saturated heterocycles. The summed E-state index contributed by atoms with van der Waals surface area (Å²) in [6, 6.07) is 0. The van der Waals surface area contributed by atoms with Crippen LogP contribution in [0.4, 0.5) is 0 Å². The first-order chi connectivity index (χ1) is 29.5. The van der Waals surface area contributed by atoms with Gasteiger partial charge in [-0.3, -0.25) is 9.59 Å². The van der Waals surface area contributed by atoms with Crippen LogP contribution in [0.1, 0.15) is 131 Å². The van der Waals surface area contributed by atoms with Gasteiger partial charge in [0, 0.05) is 23.8 Å². The highest BCUT2D eigenvalue weighted by atomic mass is 16.7. The number of rotatable bonds is 11. The van der Waals surface area contributed by atoms with E-state index in [9.17, 15) is 29.7 Å². The van der Waals surface area contributed by atoms with Gasteiger partial charge in [0.25, 0.3) is 0 Å². The lowest BCUT2D eigenvalue weighted by molar-refractivity contribution is -0.222. The minimum atomic E-state index is -1.38. The average Bonchev–Trinajstić information content (AvgIpc) is 4.18. The van der Waals surface area contributed by atoms with E-state index < -0.39 is 52.5 Å². The second-order valence-corrected chi connectivity index (χ2v) is 21.9. The molecule has 0 aromatic heterocycles. The van der Waals surface area contributed by atoms with Crippen LogP contribution in [-0.4, -0.2) is 93.3 Å². The Morgan fingerprint density at radius 2 is 1.69 bits per heavy atom. The molecule has 62 heavy (non-hydrogen) atoms. The van der Waals surface area contributed by atoms with Gasteiger partial charge in [-0.15, -0.1) is 0 Å². The highest BCUT2D eigenvalue weighted by Gasteiger charge is 2.91. The third-order valence-electron chi connectivity index (χ3n) is 18.5. The van der Waals surface area contributed by atoms with Gasteiger partial charge in [0.2, 0.25) is 0 Å². The van der Waals surface area contributed by atoms with E-state index in [0.717, 1.165) is 48.8 Å². The van der Waals surface area contributed by atoms with Crippen molar-refractivity contribution in [2.24, 2.45) is 46.3 Å². The van der Waals surface area contributed by atoms with E-state index in [2.05, 4.69) is 45.6 Å². The van der Waals surface area contributed by atoms with E-state index in [1.807, 2.05) is 19.9 Å². The maximum Gasteiger partial charge on any atom is 0.334 e. The van der Waals surface area contributed by atoms with Crippen LogP contribution in [0.3, 0.4) is 0 Å². The number of cyclic esters (lactones) is 1. The number of esters is 3. The smallest absolute Gasteiger partial charge is 0.334 e. The monoisotopic (exact) mass is 856 g/mol. The van der Waals surface area contributed by atoms with Gasteiger partial charge in [-0.25, -0.2) is 4.79 Å². The highest BCUT2D eigenvalue weighted by Crippen LogP contribution is 2.76. The third-order valence-corrected chi connectivity index (χ3v) is 18.5. The van der Waals surface area contributed by atoms with Gasteiger partial charge in [-0.1, -0.05) is 71.1 Å². The number of fused-ring (bicyclic) bond motifs is 5. The van der Waals surface area contributed by atoms with Crippen molar-refractivity contribution >= 4 is 17.9 Å². The van der Waals surface area contributed by atoms with Crippen molar-refractivity contribution in [3.05, 3.63) is 58.7 Å². The van der Waals surface area contributed by atoms with Crippen LogP contribution in [-0.2, 0) is 38.1 Å². The molecule has 6 saturated carbocycles. The Morgan fingerprint density at radius 3 is 2.44 bits per heavy atom. The number of ether oxygens (including phenoxy) is 5. The van der Waals surface area contributed by atoms with E-state index >= 15 is 0 Å². The normalized spacial score (nSPS) is 46.3. The van der Waals surface area contributed by atoms with Crippen molar-refractivity contribution in [2.45, 2.75) is 184 Å². The summed E-state index contributed by atoms with van der Waals surface area (Å²) >= 11 is 0. The van der Waals surface area contributed by atoms with Gasteiger partial charge in [0.15, 0.2) is 11.7 Å². The molecule has 11 heteroatoms. The fraction of sp³-hybridized carbons (Fsp3) is 0.745. The number of hydrogen-bond donors (Lipinski definition) is 3. The zero-order valence-electron chi connectivity index (χ0n) is 37.4. The minimum absolute atomic E-state index is 0.0336. The Labute approximate surface area is 366 Å². The van der Waals surface area contributed by atoms with Gasteiger partial charge < -0.3 is 39.0 Å². The van der Waals surface area contributed by atoms with Crippen molar-refractivity contribution in [3.63, 3.8) is 0 Å². The summed E-state index contributed by atoms with van der Waals surface area (Å²) in [5.41, 5.74) is 0.878. The quantitative estimate of drug-likeness (QED) is 0.0843. The second-order valence-electron chi connectivity index (χ2n) is 21.9. The molecule has 8 fully saturated rings. The number of hydrogen-bond acceptors (Lipinski definition) is 11. The zero-order valence-corrected chi connectivity index (χ0v) is 37.4. The summed E-state index contributed by atoms with van der Waals surface area (Å²) < 4.78 is 30.8. The van der Waals surface area contributed by atoms with Gasteiger partial charge in [0.05, 0.1) is 37.3 Å². The minimum Gasteiger partial charge on any atom is -0.458 e. The number of allylic oxidation sites excluding steroid dienone is 4. The highest BCUT2D eigenvalue weighted by molar-refractivity contribution is 5.92. The first-order valence-electron chi connectivity index (χ1n) is 24.0. The maximum atomic E-state index is 13.8. The summed E-state index contributed by atoms with van der Waals surface area (Å²) in [7, 11) is 0. The van der Waals surface area contributed by atoms with Crippen LogP contribution in [0.25, 0.3) is 0 Å². The molecule has 0 amide bonds. The SMILES string of the molecule is C=C1/C(=C\C=C2/CCC[C@@]3(C)C2CCC3[C@@H](C)/C=C/[C@@H](O)C2CC2)C[C@@H](O)C[C@@H]1OC(=O)CCC(=O)O[C@@H]1[C@@]2(C(C)C)O[C@H]2C[C@]2(O)[C@]13O[C@H]3C[C@H]1C3=C(CC[C@@]12C)C(=O)OC3. The molecule has 0 radical (unpaired) electrons. The Bertz CT molecular complexity index is 2040. The summed E-state index contributed by atoms with van der Waals surface area (Å²) in [6.07, 6.45) is 15.5. The van der Waals surface area contributed by atoms with Gasteiger partial charge >= 0.3 is 17.9 Å². The van der Waals surface area contributed by atoms with Gasteiger partial charge in [-0.2, -0.15) is 0 Å². The van der Waals surface area contributed by atoms with E-state index in [1.54, 1.807) is 0 Å². The van der Waals surface area contributed by atoms with E-state index in [4.69, 9.17) is 23.7 Å². The average molecular weight is 857 g/mol. The molecular formula is C51H68O11. The molecule has 10 aliphatic rings. The molecule has 10 rings (SSSR count). The largest absolute Gasteiger partial charge is 0.458 e. The van der Waals surface area contributed by atoms with Crippen LogP contribution in [0, 0.1) is 46.3 Å². The van der Waals surface area contributed by atoms with Crippen molar-refractivity contribution in [2.75, 3.05) is 6.61 Å². The lowest BCUT2D eigenvalue weighted by Crippen LogP contribution is -2.74. The van der Waals surface area contributed by atoms with Gasteiger partial charge in [-0.05, 0) is 128 Å². The fourth-order valence-corrected chi connectivity index (χ4v) is 14.7. The van der Waals surface area contributed by atoms with E-state index in [1.165, 1.54) is 18.4 Å². The molecule has 338 valence electrons. The molecule has 0 aromatic carbocycles. The summed E-state index contributed by atoms with van der Waals surface area (Å²) in [5, 5.41) is 34.4. The Hall–Kier alpha value is -3.09. The molecule has 0 bridgehead atoms. The predicted molar refractivity (Wildman–Crippen MR) is 228 cm³/mol. The summed E-state index contributed by atoms with van der Waals surface area (Å²) in [4.78, 5) is 39.7. The molecule has 11 nitrogen and oxygen atoms in total. The molecule has 3 N–H and O–H groups in total. The lowest BCUT2D eigenvalue weighted by Gasteiger charge is -2.60. The van der Waals surface area contributed by atoms with Crippen molar-refractivity contribution in [3.8, 4) is 0 Å². The van der Waals surface area contributed by atoms with Crippen LogP contribution < -0.4 is 0 Å². The third kappa shape index (κ3) is 6.39. The number of aliphatic hydroxyl groups excluding tert-OH is 2. The molecule has 1 spiro atoms. The van der Waals surface area contributed by atoms with Crippen LogP contribution in [0.5, 0.6) is 0 Å². The van der Waals surface area contributed by atoms with Crippen molar-refractivity contribution < 1.29 is 53.4 Å². The number of aliphatic hydroxyl groups is 3. The molecule has 15 atom stereocenters. The topological polar surface area (TPSA) is 165 Å². The van der Waals surface area contributed by atoms with E-state index in [-0.39, 0.29) is 67.4 Å². The zero-order chi connectivity index (χ0) is 43.7. The number of carbonyl (C=O) groups is 3. The van der Waals surface area contributed by atoms with Crippen LogP contribution in [0.15, 0.2) is 58.7 Å². The first kappa shape index (κ1) is 42.8. The molecule has 0 aromatic rings. The Morgan fingerprint density at radius 1 is 0.935 bits per heavy atom. The molecular weight excluding hydrogens is 789 g/mol. The Kier molecular flexibility index (Phi) is 10.3. The number of epoxide rings is 2.